The molecule has 1 heterocycles. The van der Waals surface area contributed by atoms with Gasteiger partial charge in [0.2, 0.25) is 0 Å². The van der Waals surface area contributed by atoms with Gasteiger partial charge in [-0.25, -0.2) is 0 Å². The van der Waals surface area contributed by atoms with Crippen molar-refractivity contribution >= 4 is 39.0 Å². The number of furan rings is 1. The van der Waals surface area contributed by atoms with Crippen LogP contribution in [0.25, 0.3) is 66.4 Å². The number of nitrogens with zero attached hydrogens (tertiary/aromatic N) is 1. The Balaban J connectivity index is 1.13. The molecule has 0 saturated heterocycles. The number of fused-ring (bicyclic) bond motifs is 13. The van der Waals surface area contributed by atoms with Crippen molar-refractivity contribution in [2.24, 2.45) is 0 Å². The number of para-hydroxylation sites is 3. The lowest BCUT2D eigenvalue weighted by Crippen LogP contribution is -2.26. The molecule has 2 heteroatoms. The van der Waals surface area contributed by atoms with Gasteiger partial charge in [-0.15, -0.1) is 0 Å². The fourth-order valence-electron chi connectivity index (χ4n) is 9.92. The van der Waals surface area contributed by atoms with Gasteiger partial charge in [0, 0.05) is 22.0 Å². The molecule has 57 heavy (non-hydrogen) atoms. The zero-order valence-corrected chi connectivity index (χ0v) is 31.1. The van der Waals surface area contributed by atoms with Gasteiger partial charge in [0.1, 0.15) is 5.58 Å². The summed E-state index contributed by atoms with van der Waals surface area (Å²) in [6, 6.07) is 77.4. The lowest BCUT2D eigenvalue weighted by molar-refractivity contribution is 0.669. The molecule has 10 aromatic rings. The maximum Gasteiger partial charge on any atom is 0.159 e. The largest absolute Gasteiger partial charge is 0.454 e. The van der Waals surface area contributed by atoms with Crippen LogP contribution in [0.3, 0.4) is 0 Å². The van der Waals surface area contributed by atoms with E-state index in [2.05, 4.69) is 211 Å². The Kier molecular flexibility index (Phi) is 6.88. The third kappa shape index (κ3) is 4.53. The van der Waals surface area contributed by atoms with Crippen LogP contribution in [-0.2, 0) is 5.41 Å². The van der Waals surface area contributed by atoms with Crippen LogP contribution in [0.5, 0.6) is 0 Å². The predicted molar refractivity (Wildman–Crippen MR) is 236 cm³/mol. The second-order valence-electron chi connectivity index (χ2n) is 15.2. The standard InChI is InChI=1S/C55H35NO/c1-2-15-36(16-3-1)37-29-31-38(32-30-37)40-17-7-12-26-51(40)56(52-27-14-22-46-45-21-8-13-28-53(45)57-54(46)52)39-33-34-44-43-20-6-11-25-49(43)55(50(44)35-39)47-23-9-4-18-41(47)42-19-5-10-24-48(42)55/h1-35H. The average molecular weight is 726 g/mol. The highest BCUT2D eigenvalue weighted by Gasteiger charge is 2.51. The predicted octanol–water partition coefficient (Wildman–Crippen LogP) is 14.7. The van der Waals surface area contributed by atoms with E-state index in [0.717, 1.165) is 50.1 Å². The van der Waals surface area contributed by atoms with E-state index < -0.39 is 5.41 Å². The van der Waals surface area contributed by atoms with Crippen LogP contribution in [0.2, 0.25) is 0 Å². The van der Waals surface area contributed by atoms with E-state index in [9.17, 15) is 0 Å². The fourth-order valence-corrected chi connectivity index (χ4v) is 9.92. The van der Waals surface area contributed by atoms with Crippen LogP contribution in [0.15, 0.2) is 217 Å². The maximum absolute atomic E-state index is 6.81. The molecular weight excluding hydrogens is 691 g/mol. The number of hydrogen-bond acceptors (Lipinski definition) is 2. The molecule has 0 aliphatic heterocycles. The SMILES string of the molecule is c1ccc(-c2ccc(-c3ccccc3N(c3ccc4c(c3)C3(c5ccccc5-c5ccccc53)c3ccccc3-4)c3cccc4c3oc3ccccc34)cc2)cc1. The molecule has 0 bridgehead atoms. The summed E-state index contributed by atoms with van der Waals surface area (Å²) in [4.78, 5) is 2.43. The van der Waals surface area contributed by atoms with Crippen molar-refractivity contribution in [2.45, 2.75) is 5.41 Å². The van der Waals surface area contributed by atoms with Crippen LogP contribution >= 0.6 is 0 Å². The molecule has 0 unspecified atom stereocenters. The normalized spacial score (nSPS) is 13.1. The monoisotopic (exact) mass is 725 g/mol. The van der Waals surface area contributed by atoms with Gasteiger partial charge < -0.3 is 9.32 Å². The molecule has 2 aliphatic rings. The van der Waals surface area contributed by atoms with Gasteiger partial charge in [-0.3, -0.25) is 0 Å². The second kappa shape index (κ2) is 12.3. The summed E-state index contributed by atoms with van der Waals surface area (Å²) >= 11 is 0. The smallest absolute Gasteiger partial charge is 0.159 e. The Hall–Kier alpha value is -7.42. The number of anilines is 3. The molecule has 0 fully saturated rings. The summed E-state index contributed by atoms with van der Waals surface area (Å²) in [5.41, 5.74) is 19.6. The van der Waals surface area contributed by atoms with Gasteiger partial charge >= 0.3 is 0 Å². The van der Waals surface area contributed by atoms with Crippen molar-refractivity contribution in [3.63, 3.8) is 0 Å². The minimum absolute atomic E-state index is 0.459. The zero-order valence-electron chi connectivity index (χ0n) is 31.1. The van der Waals surface area contributed by atoms with E-state index in [1.807, 2.05) is 6.07 Å². The molecule has 266 valence electrons. The Morgan fingerprint density at radius 2 is 0.842 bits per heavy atom. The van der Waals surface area contributed by atoms with E-state index in [1.165, 1.54) is 55.6 Å². The summed E-state index contributed by atoms with van der Waals surface area (Å²) in [6.07, 6.45) is 0. The highest BCUT2D eigenvalue weighted by atomic mass is 16.3. The highest BCUT2D eigenvalue weighted by molar-refractivity contribution is 6.11. The second-order valence-corrected chi connectivity index (χ2v) is 15.2. The Morgan fingerprint density at radius 3 is 1.54 bits per heavy atom. The van der Waals surface area contributed by atoms with E-state index in [4.69, 9.17) is 4.42 Å². The molecule has 1 spiro atoms. The van der Waals surface area contributed by atoms with Crippen LogP contribution in [0, 0.1) is 0 Å². The third-order valence-corrected chi connectivity index (χ3v) is 12.3. The van der Waals surface area contributed by atoms with Crippen molar-refractivity contribution in [2.75, 3.05) is 4.90 Å². The first-order valence-corrected chi connectivity index (χ1v) is 19.7. The van der Waals surface area contributed by atoms with E-state index in [0.29, 0.717) is 0 Å². The van der Waals surface area contributed by atoms with Crippen molar-refractivity contribution < 1.29 is 4.42 Å². The first kappa shape index (κ1) is 31.9. The van der Waals surface area contributed by atoms with Crippen LogP contribution in [0.4, 0.5) is 17.1 Å². The van der Waals surface area contributed by atoms with Crippen LogP contribution in [0.1, 0.15) is 22.3 Å². The lowest BCUT2D eigenvalue weighted by Gasteiger charge is -2.32. The molecule has 0 radical (unpaired) electrons. The van der Waals surface area contributed by atoms with Crippen molar-refractivity contribution in [1.29, 1.82) is 0 Å². The molecule has 0 N–H and O–H groups in total. The zero-order chi connectivity index (χ0) is 37.5. The molecule has 2 aliphatic carbocycles. The van der Waals surface area contributed by atoms with Gasteiger partial charge in [0.15, 0.2) is 5.58 Å². The first-order chi connectivity index (χ1) is 28.3. The minimum atomic E-state index is -0.459. The van der Waals surface area contributed by atoms with Gasteiger partial charge in [-0.1, -0.05) is 182 Å². The quantitative estimate of drug-likeness (QED) is 0.176. The van der Waals surface area contributed by atoms with Gasteiger partial charge in [0.05, 0.1) is 16.8 Å². The van der Waals surface area contributed by atoms with Gasteiger partial charge in [0.25, 0.3) is 0 Å². The molecule has 0 atom stereocenters. The summed E-state index contributed by atoms with van der Waals surface area (Å²) in [5.74, 6) is 0. The molecule has 0 amide bonds. The summed E-state index contributed by atoms with van der Waals surface area (Å²) < 4.78 is 6.81. The highest BCUT2D eigenvalue weighted by Crippen LogP contribution is 2.63. The van der Waals surface area contributed by atoms with Crippen molar-refractivity contribution in [1.82, 2.24) is 0 Å². The van der Waals surface area contributed by atoms with E-state index >= 15 is 0 Å². The Labute approximate surface area is 331 Å². The molecule has 0 saturated carbocycles. The molecule has 1 aromatic heterocycles. The van der Waals surface area contributed by atoms with Crippen LogP contribution in [-0.4, -0.2) is 0 Å². The topological polar surface area (TPSA) is 16.4 Å². The van der Waals surface area contributed by atoms with Crippen molar-refractivity contribution in [3.05, 3.63) is 235 Å². The summed E-state index contributed by atoms with van der Waals surface area (Å²) in [6.45, 7) is 0. The van der Waals surface area contributed by atoms with E-state index in [-0.39, 0.29) is 0 Å². The molecular formula is C55H35NO. The Bertz CT molecular complexity index is 3130. The molecule has 2 nitrogen and oxygen atoms in total. The lowest BCUT2D eigenvalue weighted by atomic mass is 9.70. The number of hydrogen-bond donors (Lipinski definition) is 0. The summed E-state index contributed by atoms with van der Waals surface area (Å²) in [5, 5.41) is 2.21. The van der Waals surface area contributed by atoms with Gasteiger partial charge in [-0.05, 0) is 91.5 Å². The Morgan fingerprint density at radius 1 is 0.333 bits per heavy atom. The van der Waals surface area contributed by atoms with Crippen LogP contribution < -0.4 is 4.90 Å². The minimum Gasteiger partial charge on any atom is -0.454 e. The van der Waals surface area contributed by atoms with Crippen molar-refractivity contribution in [3.8, 4) is 44.5 Å². The third-order valence-electron chi connectivity index (χ3n) is 12.3. The fraction of sp³-hybridized carbons (Fsp3) is 0.0182. The first-order valence-electron chi connectivity index (χ1n) is 19.7. The number of rotatable bonds is 5. The average Bonchev–Trinajstić information content (AvgIpc) is 3.92. The van der Waals surface area contributed by atoms with E-state index in [1.54, 1.807) is 0 Å². The molecule has 12 rings (SSSR count). The summed E-state index contributed by atoms with van der Waals surface area (Å²) in [7, 11) is 0. The maximum atomic E-state index is 6.81. The van der Waals surface area contributed by atoms with Gasteiger partial charge in [-0.2, -0.15) is 0 Å². The molecule has 9 aromatic carbocycles. The number of benzene rings is 9.